The summed E-state index contributed by atoms with van der Waals surface area (Å²) in [6, 6.07) is 8.13. The molecule has 1 amide bonds. The minimum absolute atomic E-state index is 0.147. The van der Waals surface area contributed by atoms with Crippen LogP contribution in [-0.4, -0.2) is 48.2 Å². The average Bonchev–Trinajstić information content (AvgIpc) is 2.36. The van der Waals surface area contributed by atoms with Crippen molar-refractivity contribution in [3.8, 4) is 0 Å². The van der Waals surface area contributed by atoms with E-state index >= 15 is 0 Å². The van der Waals surface area contributed by atoms with Crippen molar-refractivity contribution in [1.29, 1.82) is 0 Å². The first-order valence-electron chi connectivity index (χ1n) is 6.53. The Morgan fingerprint density at radius 1 is 1.33 bits per heavy atom. The zero-order valence-corrected chi connectivity index (χ0v) is 10.4. The number of benzene rings is 1. The van der Waals surface area contributed by atoms with E-state index in [0.29, 0.717) is 19.6 Å². The summed E-state index contributed by atoms with van der Waals surface area (Å²) in [7, 11) is 0. The molecule has 4 nitrogen and oxygen atoms in total. The number of hydrogen-bond acceptors (Lipinski definition) is 3. The summed E-state index contributed by atoms with van der Waals surface area (Å²) in [6.45, 7) is 2.49. The van der Waals surface area contributed by atoms with Gasteiger partial charge < -0.3 is 10.0 Å². The Labute approximate surface area is 107 Å². The summed E-state index contributed by atoms with van der Waals surface area (Å²) in [4.78, 5) is 16.2. The van der Waals surface area contributed by atoms with Crippen molar-refractivity contribution in [2.24, 2.45) is 0 Å². The van der Waals surface area contributed by atoms with Crippen LogP contribution in [0.25, 0.3) is 0 Å². The third-order valence-electron chi connectivity index (χ3n) is 3.71. The van der Waals surface area contributed by atoms with Crippen molar-refractivity contribution in [2.45, 2.75) is 18.9 Å². The number of rotatable bonds is 2. The molecule has 1 N–H and O–H groups in total. The van der Waals surface area contributed by atoms with Gasteiger partial charge in [0.1, 0.15) is 0 Å². The average molecular weight is 246 g/mol. The molecule has 18 heavy (non-hydrogen) atoms. The fourth-order valence-corrected chi connectivity index (χ4v) is 2.74. The Hall–Kier alpha value is -1.39. The molecule has 4 heteroatoms. The minimum Gasteiger partial charge on any atom is -0.390 e. The molecule has 96 valence electrons. The van der Waals surface area contributed by atoms with Crippen LogP contribution in [0.2, 0.25) is 0 Å². The number of nitrogens with zero attached hydrogens (tertiary/aromatic N) is 2. The van der Waals surface area contributed by atoms with Crippen LogP contribution in [0.3, 0.4) is 0 Å². The second kappa shape index (κ2) is 4.71. The highest BCUT2D eigenvalue weighted by Gasteiger charge is 2.29. The van der Waals surface area contributed by atoms with Gasteiger partial charge in [0.25, 0.3) is 0 Å². The van der Waals surface area contributed by atoms with E-state index in [1.54, 1.807) is 0 Å². The Morgan fingerprint density at radius 2 is 2.11 bits per heavy atom. The van der Waals surface area contributed by atoms with Crippen molar-refractivity contribution in [3.05, 3.63) is 29.8 Å². The third kappa shape index (κ3) is 2.13. The first-order valence-corrected chi connectivity index (χ1v) is 6.53. The van der Waals surface area contributed by atoms with Crippen LogP contribution in [0, 0.1) is 0 Å². The molecular weight excluding hydrogens is 228 g/mol. The standard InChI is InChI=1S/C14H18N2O2/c17-12-8-15(9-12)10-14(18)16-7-3-5-11-4-1-2-6-13(11)16/h1-2,4,6,12,17H,3,5,7-10H2. The monoisotopic (exact) mass is 246 g/mol. The maximum absolute atomic E-state index is 12.3. The molecule has 1 saturated heterocycles. The lowest BCUT2D eigenvalue weighted by Crippen LogP contribution is -2.54. The third-order valence-corrected chi connectivity index (χ3v) is 3.71. The van der Waals surface area contributed by atoms with Crippen LogP contribution in [0.15, 0.2) is 24.3 Å². The Bertz CT molecular complexity index is 455. The van der Waals surface area contributed by atoms with Crippen LogP contribution < -0.4 is 4.90 Å². The molecule has 0 saturated carbocycles. The van der Waals surface area contributed by atoms with Crippen molar-refractivity contribution >= 4 is 11.6 Å². The molecular formula is C14H18N2O2. The van der Waals surface area contributed by atoms with Gasteiger partial charge in [0.05, 0.1) is 12.6 Å². The van der Waals surface area contributed by atoms with Gasteiger partial charge in [0.15, 0.2) is 0 Å². The lowest BCUT2D eigenvalue weighted by atomic mass is 10.0. The molecule has 2 aliphatic heterocycles. The number of para-hydroxylation sites is 1. The lowest BCUT2D eigenvalue weighted by Gasteiger charge is -2.37. The number of carbonyl (C=O) groups excluding carboxylic acids is 1. The molecule has 1 fully saturated rings. The molecule has 0 radical (unpaired) electrons. The number of anilines is 1. The maximum atomic E-state index is 12.3. The zero-order valence-electron chi connectivity index (χ0n) is 10.4. The maximum Gasteiger partial charge on any atom is 0.241 e. The number of aliphatic hydroxyl groups excluding tert-OH is 1. The first kappa shape index (κ1) is 11.7. The van der Waals surface area contributed by atoms with Crippen LogP contribution in [-0.2, 0) is 11.2 Å². The fourth-order valence-electron chi connectivity index (χ4n) is 2.74. The van der Waals surface area contributed by atoms with Crippen molar-refractivity contribution in [2.75, 3.05) is 31.1 Å². The molecule has 0 bridgehead atoms. The van der Waals surface area contributed by atoms with E-state index in [0.717, 1.165) is 25.1 Å². The molecule has 0 unspecified atom stereocenters. The second-order valence-electron chi connectivity index (χ2n) is 5.13. The smallest absolute Gasteiger partial charge is 0.241 e. The number of hydrogen-bond donors (Lipinski definition) is 1. The van der Waals surface area contributed by atoms with E-state index in [1.807, 2.05) is 28.0 Å². The largest absolute Gasteiger partial charge is 0.390 e. The number of carbonyl (C=O) groups is 1. The predicted molar refractivity (Wildman–Crippen MR) is 69.6 cm³/mol. The molecule has 3 rings (SSSR count). The molecule has 1 aromatic rings. The number of fused-ring (bicyclic) bond motifs is 1. The minimum atomic E-state index is -0.244. The van der Waals surface area contributed by atoms with Gasteiger partial charge in [-0.1, -0.05) is 18.2 Å². The highest BCUT2D eigenvalue weighted by atomic mass is 16.3. The summed E-state index contributed by atoms with van der Waals surface area (Å²) in [5.74, 6) is 0.147. The first-order chi connectivity index (χ1) is 8.74. The highest BCUT2D eigenvalue weighted by Crippen LogP contribution is 2.27. The van der Waals surface area contributed by atoms with Gasteiger partial charge in [-0.2, -0.15) is 0 Å². The fraction of sp³-hybridized carbons (Fsp3) is 0.500. The Morgan fingerprint density at radius 3 is 2.89 bits per heavy atom. The summed E-state index contributed by atoms with van der Waals surface area (Å²) in [6.07, 6.45) is 1.85. The van der Waals surface area contributed by atoms with E-state index in [1.165, 1.54) is 5.56 Å². The van der Waals surface area contributed by atoms with E-state index < -0.39 is 0 Å². The quantitative estimate of drug-likeness (QED) is 0.833. The second-order valence-corrected chi connectivity index (χ2v) is 5.13. The van der Waals surface area contributed by atoms with Crippen molar-refractivity contribution in [3.63, 3.8) is 0 Å². The summed E-state index contributed by atoms with van der Waals surface area (Å²) in [5, 5.41) is 9.23. The number of amides is 1. The predicted octanol–water partition coefficient (Wildman–Crippen LogP) is 0.642. The summed E-state index contributed by atoms with van der Waals surface area (Å²) >= 11 is 0. The van der Waals surface area contributed by atoms with Gasteiger partial charge in [-0.05, 0) is 24.5 Å². The summed E-state index contributed by atoms with van der Waals surface area (Å²) in [5.41, 5.74) is 2.33. The lowest BCUT2D eigenvalue weighted by molar-refractivity contribution is -0.122. The van der Waals surface area contributed by atoms with Crippen LogP contribution in [0.4, 0.5) is 5.69 Å². The SMILES string of the molecule is O=C(CN1CC(O)C1)N1CCCc2ccccc21. The van der Waals surface area contributed by atoms with Gasteiger partial charge in [0.2, 0.25) is 5.91 Å². The molecule has 0 aliphatic carbocycles. The number of β-amino-alcohol motifs (C(OH)–C–C–N with tert-alkyl or cyclic N) is 1. The number of aryl methyl sites for hydroxylation is 1. The normalized spacial score (nSPS) is 20.4. The van der Waals surface area contributed by atoms with Gasteiger partial charge in [-0.25, -0.2) is 0 Å². The van der Waals surface area contributed by atoms with Gasteiger partial charge >= 0.3 is 0 Å². The Balaban J connectivity index is 1.71. The van der Waals surface area contributed by atoms with E-state index in [2.05, 4.69) is 6.07 Å². The van der Waals surface area contributed by atoms with Crippen molar-refractivity contribution < 1.29 is 9.90 Å². The van der Waals surface area contributed by atoms with E-state index in [-0.39, 0.29) is 12.0 Å². The zero-order chi connectivity index (χ0) is 12.5. The topological polar surface area (TPSA) is 43.8 Å². The molecule has 2 aliphatic rings. The molecule has 0 spiro atoms. The van der Waals surface area contributed by atoms with Gasteiger partial charge in [-0.3, -0.25) is 9.69 Å². The Kier molecular flexibility index (Phi) is 3.06. The van der Waals surface area contributed by atoms with Crippen LogP contribution in [0.5, 0.6) is 0 Å². The van der Waals surface area contributed by atoms with Crippen molar-refractivity contribution in [1.82, 2.24) is 4.90 Å². The van der Waals surface area contributed by atoms with Crippen LogP contribution >= 0.6 is 0 Å². The molecule has 2 heterocycles. The highest BCUT2D eigenvalue weighted by molar-refractivity contribution is 5.96. The number of likely N-dealkylation sites (tertiary alicyclic amines) is 1. The molecule has 0 atom stereocenters. The van der Waals surface area contributed by atoms with Gasteiger partial charge in [-0.15, -0.1) is 0 Å². The number of aliphatic hydroxyl groups is 1. The molecule has 1 aromatic carbocycles. The van der Waals surface area contributed by atoms with E-state index in [4.69, 9.17) is 0 Å². The summed E-state index contributed by atoms with van der Waals surface area (Å²) < 4.78 is 0. The van der Waals surface area contributed by atoms with Gasteiger partial charge in [0, 0.05) is 25.3 Å². The van der Waals surface area contributed by atoms with E-state index in [9.17, 15) is 9.90 Å². The van der Waals surface area contributed by atoms with Crippen LogP contribution in [0.1, 0.15) is 12.0 Å². The molecule has 0 aromatic heterocycles.